The third-order valence-corrected chi connectivity index (χ3v) is 3.29. The number of hydrogen-bond donors (Lipinski definition) is 1. The lowest BCUT2D eigenvalue weighted by Gasteiger charge is -2.22. The van der Waals surface area contributed by atoms with Gasteiger partial charge in [-0.25, -0.2) is 0 Å². The van der Waals surface area contributed by atoms with Crippen LogP contribution in [0.1, 0.15) is 24.8 Å². The van der Waals surface area contributed by atoms with Gasteiger partial charge in [0.15, 0.2) is 0 Å². The van der Waals surface area contributed by atoms with Crippen LogP contribution in [0.3, 0.4) is 0 Å². The van der Waals surface area contributed by atoms with Crippen LogP contribution in [0.4, 0.5) is 0 Å². The minimum Gasteiger partial charge on any atom is -0.462 e. The molecule has 1 aliphatic rings. The van der Waals surface area contributed by atoms with Gasteiger partial charge in [0.1, 0.15) is 12.6 Å². The second-order valence-corrected chi connectivity index (χ2v) is 4.91. The molecule has 4 nitrogen and oxygen atoms in total. The van der Waals surface area contributed by atoms with Crippen molar-refractivity contribution in [3.63, 3.8) is 0 Å². The fraction of sp³-hybridized carbons (Fsp3) is 0.533. The van der Waals surface area contributed by atoms with Crippen LogP contribution in [0.2, 0.25) is 0 Å². The normalized spacial score (nSPS) is 20.8. The van der Waals surface area contributed by atoms with Crippen molar-refractivity contribution in [3.8, 4) is 0 Å². The molecule has 1 fully saturated rings. The van der Waals surface area contributed by atoms with E-state index in [9.17, 15) is 4.79 Å². The molecule has 1 unspecified atom stereocenters. The Labute approximate surface area is 113 Å². The summed E-state index contributed by atoms with van der Waals surface area (Å²) in [4.78, 5) is 11.8. The van der Waals surface area contributed by atoms with Gasteiger partial charge in [-0.15, -0.1) is 0 Å². The number of nitrogens with two attached hydrogens (primary N) is 1. The van der Waals surface area contributed by atoms with E-state index in [0.717, 1.165) is 31.4 Å². The molecule has 0 radical (unpaired) electrons. The Balaban J connectivity index is 1.73. The van der Waals surface area contributed by atoms with Crippen molar-refractivity contribution >= 4 is 5.97 Å². The van der Waals surface area contributed by atoms with Crippen LogP contribution in [-0.2, 0) is 20.7 Å². The Morgan fingerprint density at radius 3 is 2.84 bits per heavy atom. The maximum atomic E-state index is 11.8. The molecule has 4 heteroatoms. The van der Waals surface area contributed by atoms with Gasteiger partial charge in [-0.2, -0.15) is 0 Å². The van der Waals surface area contributed by atoms with Crippen LogP contribution in [0, 0.1) is 0 Å². The molecule has 1 aliphatic heterocycles. The van der Waals surface area contributed by atoms with Crippen LogP contribution >= 0.6 is 0 Å². The maximum Gasteiger partial charge on any atom is 0.323 e. The summed E-state index contributed by atoms with van der Waals surface area (Å²) in [6.45, 7) is 1.08. The highest BCUT2D eigenvalue weighted by atomic mass is 16.6. The van der Waals surface area contributed by atoms with E-state index in [4.69, 9.17) is 15.2 Å². The highest BCUT2D eigenvalue weighted by Crippen LogP contribution is 2.13. The summed E-state index contributed by atoms with van der Waals surface area (Å²) in [5.74, 6) is -0.349. The quantitative estimate of drug-likeness (QED) is 0.821. The van der Waals surface area contributed by atoms with Crippen molar-refractivity contribution < 1.29 is 14.3 Å². The van der Waals surface area contributed by atoms with Crippen molar-refractivity contribution in [1.82, 2.24) is 0 Å². The Kier molecular flexibility index (Phi) is 5.36. The molecule has 1 heterocycles. The lowest BCUT2D eigenvalue weighted by molar-refractivity contribution is -0.150. The summed E-state index contributed by atoms with van der Waals surface area (Å²) in [6.07, 6.45) is 3.74. The minimum absolute atomic E-state index is 0.0432. The molecule has 2 N–H and O–H groups in total. The molecular weight excluding hydrogens is 242 g/mol. The van der Waals surface area contributed by atoms with Crippen molar-refractivity contribution in [2.45, 2.75) is 37.8 Å². The summed E-state index contributed by atoms with van der Waals surface area (Å²) < 4.78 is 10.7. The number of ether oxygens (including phenoxy) is 2. The van der Waals surface area contributed by atoms with E-state index in [1.165, 1.54) is 0 Å². The van der Waals surface area contributed by atoms with E-state index in [0.29, 0.717) is 13.0 Å². The second kappa shape index (κ2) is 7.26. The fourth-order valence-corrected chi connectivity index (χ4v) is 2.17. The van der Waals surface area contributed by atoms with E-state index < -0.39 is 6.04 Å². The first-order valence-electron chi connectivity index (χ1n) is 6.83. The zero-order valence-corrected chi connectivity index (χ0v) is 11.1. The van der Waals surface area contributed by atoms with Crippen LogP contribution in [0.15, 0.2) is 30.3 Å². The SMILES string of the molecule is N[C@@H](Cc1ccccc1)C(=O)OCC1CCCCO1. The molecule has 0 amide bonds. The van der Waals surface area contributed by atoms with Gasteiger partial charge >= 0.3 is 5.97 Å². The van der Waals surface area contributed by atoms with Gasteiger partial charge in [-0.3, -0.25) is 4.79 Å². The van der Waals surface area contributed by atoms with Gasteiger partial charge < -0.3 is 15.2 Å². The van der Waals surface area contributed by atoms with Gasteiger partial charge in [0, 0.05) is 6.61 Å². The first-order chi connectivity index (χ1) is 9.25. The van der Waals surface area contributed by atoms with Gasteiger partial charge in [0.2, 0.25) is 0 Å². The second-order valence-electron chi connectivity index (χ2n) is 4.91. The monoisotopic (exact) mass is 263 g/mol. The third kappa shape index (κ3) is 4.65. The Bertz CT molecular complexity index is 388. The Morgan fingerprint density at radius 1 is 1.37 bits per heavy atom. The summed E-state index contributed by atoms with van der Waals surface area (Å²) in [6, 6.07) is 9.11. The first-order valence-corrected chi connectivity index (χ1v) is 6.83. The summed E-state index contributed by atoms with van der Waals surface area (Å²) >= 11 is 0. The third-order valence-electron chi connectivity index (χ3n) is 3.29. The van der Waals surface area contributed by atoms with Gasteiger partial charge in [-0.05, 0) is 31.2 Å². The Hall–Kier alpha value is -1.39. The number of hydrogen-bond acceptors (Lipinski definition) is 4. The van der Waals surface area contributed by atoms with Gasteiger partial charge in [-0.1, -0.05) is 30.3 Å². The summed E-state index contributed by atoms with van der Waals surface area (Å²) in [5, 5.41) is 0. The van der Waals surface area contributed by atoms with Crippen LogP contribution in [0.25, 0.3) is 0 Å². The molecule has 0 aliphatic carbocycles. The number of esters is 1. The van der Waals surface area contributed by atoms with E-state index in [2.05, 4.69) is 0 Å². The average molecular weight is 263 g/mol. The maximum absolute atomic E-state index is 11.8. The van der Waals surface area contributed by atoms with Crippen molar-refractivity contribution in [2.75, 3.05) is 13.2 Å². The van der Waals surface area contributed by atoms with E-state index in [1.807, 2.05) is 30.3 Å². The molecular formula is C15H21NO3. The van der Waals surface area contributed by atoms with Crippen molar-refractivity contribution in [1.29, 1.82) is 0 Å². The van der Waals surface area contributed by atoms with Crippen molar-refractivity contribution in [2.24, 2.45) is 5.73 Å². The van der Waals surface area contributed by atoms with Crippen molar-refractivity contribution in [3.05, 3.63) is 35.9 Å². The highest BCUT2D eigenvalue weighted by Gasteiger charge is 2.19. The molecule has 0 saturated carbocycles. The predicted molar refractivity (Wildman–Crippen MR) is 72.7 cm³/mol. The topological polar surface area (TPSA) is 61.6 Å². The molecule has 0 spiro atoms. The number of carbonyl (C=O) groups excluding carboxylic acids is 1. The van der Waals surface area contributed by atoms with Crippen LogP contribution in [0.5, 0.6) is 0 Å². The highest BCUT2D eigenvalue weighted by molar-refractivity contribution is 5.75. The fourth-order valence-electron chi connectivity index (χ4n) is 2.17. The number of benzene rings is 1. The molecule has 0 bridgehead atoms. The molecule has 1 aromatic carbocycles. The Morgan fingerprint density at radius 2 is 2.16 bits per heavy atom. The molecule has 0 aromatic heterocycles. The van der Waals surface area contributed by atoms with Gasteiger partial charge in [0.25, 0.3) is 0 Å². The summed E-state index contributed by atoms with van der Waals surface area (Å²) in [5.41, 5.74) is 6.89. The average Bonchev–Trinajstić information content (AvgIpc) is 2.47. The molecule has 2 rings (SSSR count). The van der Waals surface area contributed by atoms with Gasteiger partial charge in [0.05, 0.1) is 6.10 Å². The smallest absolute Gasteiger partial charge is 0.323 e. The largest absolute Gasteiger partial charge is 0.462 e. The molecule has 1 aromatic rings. The number of rotatable bonds is 5. The molecule has 2 atom stereocenters. The molecule has 19 heavy (non-hydrogen) atoms. The first kappa shape index (κ1) is 14.0. The van der Waals surface area contributed by atoms with Crippen LogP contribution in [-0.4, -0.2) is 31.3 Å². The van der Waals surface area contributed by atoms with E-state index in [-0.39, 0.29) is 12.1 Å². The zero-order chi connectivity index (χ0) is 13.5. The lowest BCUT2D eigenvalue weighted by Crippen LogP contribution is -2.36. The molecule has 1 saturated heterocycles. The molecule has 104 valence electrons. The standard InChI is InChI=1S/C15H21NO3/c16-14(10-12-6-2-1-3-7-12)15(17)19-11-13-8-4-5-9-18-13/h1-3,6-7,13-14H,4-5,8-11,16H2/t13?,14-/m0/s1. The summed E-state index contributed by atoms with van der Waals surface area (Å²) in [7, 11) is 0. The number of carbonyl (C=O) groups is 1. The predicted octanol–water partition coefficient (Wildman–Crippen LogP) is 1.67. The van der Waals surface area contributed by atoms with E-state index >= 15 is 0 Å². The van der Waals surface area contributed by atoms with Crippen LogP contribution < -0.4 is 5.73 Å². The zero-order valence-electron chi connectivity index (χ0n) is 11.1. The lowest BCUT2D eigenvalue weighted by atomic mass is 10.1. The minimum atomic E-state index is -0.606. The van der Waals surface area contributed by atoms with E-state index in [1.54, 1.807) is 0 Å².